The molecule has 6 aliphatic rings. The van der Waals surface area contributed by atoms with Crippen molar-refractivity contribution in [2.45, 2.75) is 37.1 Å². The molecule has 3 aliphatic heterocycles. The molecule has 0 fully saturated rings. The van der Waals surface area contributed by atoms with E-state index in [-0.39, 0.29) is 154 Å². The lowest BCUT2D eigenvalue weighted by molar-refractivity contribution is -0.103. The van der Waals surface area contributed by atoms with Crippen LogP contribution in [-0.4, -0.2) is 37.1 Å². The molecule has 4 aromatic carbocycles. The molecule has 66 heavy (non-hydrogen) atoms. The number of fused-ring (bicyclic) bond motifs is 12. The molecule has 0 N–H and O–H groups in total. The molecule has 0 atom stereocenters. The van der Waals surface area contributed by atoms with Crippen LogP contribution in [-0.2, 0) is 0 Å². The Balaban J connectivity index is 1.39. The van der Waals surface area contributed by atoms with Crippen LogP contribution in [0.5, 0.6) is 0 Å². The van der Waals surface area contributed by atoms with Crippen molar-refractivity contribution in [2.75, 3.05) is 0 Å². The fraction of sp³-hybridized carbons (Fsp3) is 0.143. The first-order valence-electron chi connectivity index (χ1n) is 18.1. The predicted octanol–water partition coefficient (Wildman–Crippen LogP) is 18.2. The Labute approximate surface area is 383 Å². The number of rotatable bonds is 0. The van der Waals surface area contributed by atoms with E-state index in [2.05, 4.69) is 0 Å². The van der Waals surface area contributed by atoms with Crippen molar-refractivity contribution in [2.24, 2.45) is 0 Å². The van der Waals surface area contributed by atoms with Gasteiger partial charge in [0.25, 0.3) is 0 Å². The predicted molar refractivity (Wildman–Crippen MR) is 224 cm³/mol. The van der Waals surface area contributed by atoms with Crippen LogP contribution in [0.25, 0.3) is 50.1 Å². The van der Waals surface area contributed by atoms with Gasteiger partial charge in [-0.25, -0.2) is 0 Å². The molecule has 0 nitrogen and oxygen atoms in total. The molecule has 3 aliphatic carbocycles. The molecule has 24 heteroatoms. The molecule has 0 saturated carbocycles. The lowest BCUT2D eigenvalue weighted by Crippen LogP contribution is -2.16. The van der Waals surface area contributed by atoms with Gasteiger partial charge in [-0.1, -0.05) is 143 Å². The van der Waals surface area contributed by atoms with Crippen LogP contribution in [0.15, 0.2) is 115 Å². The van der Waals surface area contributed by atoms with E-state index in [1.54, 1.807) is 0 Å². The molecule has 3 heterocycles. The van der Waals surface area contributed by atoms with Crippen molar-refractivity contribution in [1.29, 1.82) is 0 Å². The normalized spacial score (nSPS) is 18.6. The Hall–Kier alpha value is -3.84. The van der Waals surface area contributed by atoms with Crippen molar-refractivity contribution in [3.05, 3.63) is 148 Å². The van der Waals surface area contributed by atoms with Gasteiger partial charge in [0.15, 0.2) is 0 Å². The number of halogens is 18. The Morgan fingerprint density at radius 2 is 0.394 bits per heavy atom. The van der Waals surface area contributed by atoms with Gasteiger partial charge in [0, 0.05) is 33.4 Å². The Morgan fingerprint density at radius 1 is 0.227 bits per heavy atom. The van der Waals surface area contributed by atoms with Gasteiger partial charge in [0.05, 0.1) is 12.7 Å². The molecular weight excluding hydrogens is 1040 g/mol. The number of thioether (sulfide) groups is 6. The lowest BCUT2D eigenvalue weighted by Gasteiger charge is -2.20. The van der Waals surface area contributed by atoms with Crippen LogP contribution in [0.4, 0.5) is 79.0 Å². The van der Waals surface area contributed by atoms with Gasteiger partial charge in [-0.3, -0.25) is 0 Å². The van der Waals surface area contributed by atoms with E-state index in [4.69, 9.17) is 0 Å². The van der Waals surface area contributed by atoms with Gasteiger partial charge < -0.3 is 0 Å². The SMILES string of the molecule is FC(F)(F)C1=C(C(F)(F)F)SC(=C2c3ccccc3-c3c2c2c(c4c3C(=C3SC(C(F)(F)F)=C(C(F)(F)F)S3)c3ccccc3-4)C(=C3SC(C(F)(F)F)=C(C(F)(F)F)S3)c3ccccc3-2)S1. The molecule has 4 aromatic rings. The fourth-order valence-corrected chi connectivity index (χ4v) is 16.1. The maximum absolute atomic E-state index is 14.5. The highest BCUT2D eigenvalue weighted by atomic mass is 32.2. The first kappa shape index (κ1) is 45.9. The van der Waals surface area contributed by atoms with Crippen LogP contribution >= 0.6 is 70.6 Å². The minimum atomic E-state index is -5.57. The second kappa shape index (κ2) is 14.8. The van der Waals surface area contributed by atoms with Gasteiger partial charge >= 0.3 is 37.1 Å². The highest BCUT2D eigenvalue weighted by molar-refractivity contribution is 8.29. The minimum absolute atomic E-state index is 0.0243. The van der Waals surface area contributed by atoms with E-state index in [9.17, 15) is 79.0 Å². The standard InChI is InChI=1S/C42H12F18S6/c43-37(44,45)28-29(38(46,47)48)62-34(61-28)22-16-10-4-1-7-13(16)19-25(22)20-15-9-3-6-12-18(15)24(36-65-32(41(55,56)57)33(66-36)42(58,59)60)27(20)21-14-8-2-5-11-17(14)23(26(19)21)35-63-30(39(49,50)51)31(64-35)40(52,53)54/h1-12H. The fourth-order valence-electron chi connectivity index (χ4n) is 8.43. The van der Waals surface area contributed by atoms with E-state index >= 15 is 0 Å². The van der Waals surface area contributed by atoms with Gasteiger partial charge in [0.2, 0.25) is 0 Å². The highest BCUT2D eigenvalue weighted by Crippen LogP contribution is 2.72. The van der Waals surface area contributed by atoms with Gasteiger partial charge in [-0.05, 0) is 50.1 Å². The zero-order valence-corrected chi connectivity index (χ0v) is 36.1. The van der Waals surface area contributed by atoms with Crippen LogP contribution in [0, 0.1) is 0 Å². The second-order valence-corrected chi connectivity index (χ2v) is 21.3. The summed E-state index contributed by atoms with van der Waals surface area (Å²) in [5.74, 6) is 0. The average molecular weight is 1050 g/mol. The van der Waals surface area contributed by atoms with Crippen LogP contribution < -0.4 is 0 Å². The maximum Gasteiger partial charge on any atom is 0.423 e. The highest BCUT2D eigenvalue weighted by Gasteiger charge is 2.56. The van der Waals surface area contributed by atoms with Crippen molar-refractivity contribution in [1.82, 2.24) is 0 Å². The third-order valence-electron chi connectivity index (χ3n) is 10.6. The minimum Gasteiger partial charge on any atom is -0.166 e. The van der Waals surface area contributed by atoms with E-state index in [0.717, 1.165) is 0 Å². The first-order chi connectivity index (χ1) is 30.6. The number of benzene rings is 4. The summed E-state index contributed by atoms with van der Waals surface area (Å²) < 4.78 is 259. The van der Waals surface area contributed by atoms with Crippen LogP contribution in [0.2, 0.25) is 0 Å². The van der Waals surface area contributed by atoms with E-state index in [0.29, 0.717) is 0 Å². The zero-order chi connectivity index (χ0) is 47.6. The molecule has 0 bridgehead atoms. The maximum atomic E-state index is 14.5. The Bertz CT molecular complexity index is 2660. The number of hydrogen-bond acceptors (Lipinski definition) is 6. The second-order valence-electron chi connectivity index (χ2n) is 14.4. The van der Waals surface area contributed by atoms with Crippen molar-refractivity contribution < 1.29 is 79.0 Å². The summed E-state index contributed by atoms with van der Waals surface area (Å²) in [4.78, 5) is -12.3. The van der Waals surface area contributed by atoms with E-state index < -0.39 is 79.2 Å². The zero-order valence-electron chi connectivity index (χ0n) is 31.2. The molecule has 10 rings (SSSR count). The summed E-state index contributed by atoms with van der Waals surface area (Å²) in [5, 5.41) is 0. The average Bonchev–Trinajstić information content (AvgIpc) is 4.04. The number of alkyl halides is 18. The quantitative estimate of drug-likeness (QED) is 0.138. The van der Waals surface area contributed by atoms with Gasteiger partial charge in [-0.2, -0.15) is 79.0 Å². The molecule has 0 radical (unpaired) electrons. The molecule has 0 spiro atoms. The van der Waals surface area contributed by atoms with Crippen molar-refractivity contribution in [3.8, 4) is 33.4 Å². The lowest BCUT2D eigenvalue weighted by atomic mass is 9.84. The molecule has 0 aromatic heterocycles. The first-order valence-corrected chi connectivity index (χ1v) is 23.0. The summed E-state index contributed by atoms with van der Waals surface area (Å²) in [5.41, 5.74) is -1.57. The summed E-state index contributed by atoms with van der Waals surface area (Å²) >= 11 is -1.73. The molecule has 0 unspecified atom stereocenters. The summed E-state index contributed by atoms with van der Waals surface area (Å²) in [6, 6.07) is 16.5. The van der Waals surface area contributed by atoms with Gasteiger partial charge in [-0.15, -0.1) is 0 Å². The van der Waals surface area contributed by atoms with E-state index in [1.165, 1.54) is 72.8 Å². The van der Waals surface area contributed by atoms with Crippen molar-refractivity contribution >= 4 is 87.3 Å². The smallest absolute Gasteiger partial charge is 0.166 e. The summed E-state index contributed by atoms with van der Waals surface area (Å²) in [6.45, 7) is 0. The molecule has 0 amide bonds. The van der Waals surface area contributed by atoms with Gasteiger partial charge in [0.1, 0.15) is 29.4 Å². The largest absolute Gasteiger partial charge is 0.423 e. The van der Waals surface area contributed by atoms with E-state index in [1.807, 2.05) is 0 Å². The topological polar surface area (TPSA) is 0 Å². The Morgan fingerprint density at radius 3 is 0.561 bits per heavy atom. The molecule has 0 saturated heterocycles. The third kappa shape index (κ3) is 7.02. The van der Waals surface area contributed by atoms with Crippen LogP contribution in [0.3, 0.4) is 0 Å². The molecular formula is C42H12F18S6. The molecule has 342 valence electrons. The third-order valence-corrected chi connectivity index (χ3v) is 18.7. The summed E-state index contributed by atoms with van der Waals surface area (Å²) in [7, 11) is 0. The monoisotopic (exact) mass is 1050 g/mol. The number of hydrogen-bond donors (Lipinski definition) is 0. The number of allylic oxidation sites excluding steroid dienone is 6. The van der Waals surface area contributed by atoms with Crippen molar-refractivity contribution in [3.63, 3.8) is 0 Å². The summed E-state index contributed by atoms with van der Waals surface area (Å²) in [6.07, 6.45) is -33.4. The van der Waals surface area contributed by atoms with Crippen LogP contribution in [0.1, 0.15) is 33.4 Å². The Kier molecular flexibility index (Phi) is 10.3.